The van der Waals surface area contributed by atoms with Crippen LogP contribution < -0.4 is 4.90 Å². The van der Waals surface area contributed by atoms with E-state index in [0.717, 1.165) is 48.7 Å². The molecule has 0 unspecified atom stereocenters. The molecule has 1 amide bonds. The standard InChI is InChI=1S/C20H31N7O/c1-7-27-12-16(10-21-27)11-25(6)20(28)18-22-15(3)14(2)19(23-18)26-9-8-17(13-26)24(4)5/h10,12,17H,7-9,11,13H2,1-6H3/t17-/m1/s1. The first-order valence-corrected chi connectivity index (χ1v) is 9.83. The molecule has 0 spiro atoms. The average Bonchev–Trinajstić information content (AvgIpc) is 3.32. The Morgan fingerprint density at radius 1 is 1.25 bits per heavy atom. The van der Waals surface area contributed by atoms with Gasteiger partial charge < -0.3 is 14.7 Å². The summed E-state index contributed by atoms with van der Waals surface area (Å²) in [6, 6.07) is 0.506. The molecular weight excluding hydrogens is 354 g/mol. The first kappa shape index (κ1) is 20.3. The molecule has 0 aromatic carbocycles. The summed E-state index contributed by atoms with van der Waals surface area (Å²) in [6.07, 6.45) is 4.85. The molecule has 0 bridgehead atoms. The fourth-order valence-corrected chi connectivity index (χ4v) is 3.55. The Labute approximate surface area is 167 Å². The van der Waals surface area contributed by atoms with Crippen LogP contribution in [0.4, 0.5) is 5.82 Å². The minimum Gasteiger partial charge on any atom is -0.355 e. The molecular formula is C20H31N7O. The van der Waals surface area contributed by atoms with Gasteiger partial charge in [-0.05, 0) is 41.3 Å². The number of hydrogen-bond donors (Lipinski definition) is 0. The Balaban J connectivity index is 1.79. The van der Waals surface area contributed by atoms with E-state index < -0.39 is 0 Å². The van der Waals surface area contributed by atoms with Crippen molar-refractivity contribution < 1.29 is 4.79 Å². The number of carbonyl (C=O) groups is 1. The molecule has 8 nitrogen and oxygen atoms in total. The molecule has 1 aliphatic heterocycles. The Morgan fingerprint density at radius 2 is 2.00 bits per heavy atom. The lowest BCUT2D eigenvalue weighted by molar-refractivity contribution is 0.0772. The predicted molar refractivity (Wildman–Crippen MR) is 110 cm³/mol. The highest BCUT2D eigenvalue weighted by molar-refractivity contribution is 5.90. The van der Waals surface area contributed by atoms with Crippen molar-refractivity contribution in [1.29, 1.82) is 0 Å². The van der Waals surface area contributed by atoms with Crippen LogP contribution in [0, 0.1) is 13.8 Å². The Bertz CT molecular complexity index is 845. The molecule has 3 rings (SSSR count). The lowest BCUT2D eigenvalue weighted by Gasteiger charge is -2.24. The normalized spacial score (nSPS) is 16.8. The molecule has 3 heterocycles. The van der Waals surface area contributed by atoms with E-state index in [4.69, 9.17) is 0 Å². The van der Waals surface area contributed by atoms with Crippen molar-refractivity contribution in [2.75, 3.05) is 39.1 Å². The smallest absolute Gasteiger partial charge is 0.291 e. The van der Waals surface area contributed by atoms with Crippen LogP contribution in [-0.4, -0.2) is 75.7 Å². The van der Waals surface area contributed by atoms with E-state index >= 15 is 0 Å². The number of nitrogens with zero attached hydrogens (tertiary/aromatic N) is 7. The summed E-state index contributed by atoms with van der Waals surface area (Å²) in [5.41, 5.74) is 2.90. The summed E-state index contributed by atoms with van der Waals surface area (Å²) >= 11 is 0. The largest absolute Gasteiger partial charge is 0.355 e. The van der Waals surface area contributed by atoms with Crippen molar-refractivity contribution in [3.8, 4) is 0 Å². The number of aromatic nitrogens is 4. The third-order valence-corrected chi connectivity index (χ3v) is 5.53. The summed E-state index contributed by atoms with van der Waals surface area (Å²) in [7, 11) is 6.00. The lowest BCUT2D eigenvalue weighted by atomic mass is 10.2. The second kappa shape index (κ2) is 8.26. The third-order valence-electron chi connectivity index (χ3n) is 5.53. The van der Waals surface area contributed by atoms with Gasteiger partial charge in [-0.2, -0.15) is 5.10 Å². The second-order valence-corrected chi connectivity index (χ2v) is 7.80. The third kappa shape index (κ3) is 4.16. The lowest BCUT2D eigenvalue weighted by Crippen LogP contribution is -2.33. The SMILES string of the molecule is CCn1cc(CN(C)C(=O)c2nc(C)c(C)c(N3CC[C@@H](N(C)C)C3)n2)cn1. The van der Waals surface area contributed by atoms with E-state index in [-0.39, 0.29) is 11.7 Å². The van der Waals surface area contributed by atoms with Crippen molar-refractivity contribution >= 4 is 11.7 Å². The minimum absolute atomic E-state index is 0.169. The number of hydrogen-bond acceptors (Lipinski definition) is 6. The summed E-state index contributed by atoms with van der Waals surface area (Å²) in [5.74, 6) is 0.973. The Hall–Kier alpha value is -2.48. The Kier molecular flexibility index (Phi) is 5.98. The van der Waals surface area contributed by atoms with Gasteiger partial charge in [0, 0.05) is 62.3 Å². The predicted octanol–water partition coefficient (Wildman–Crippen LogP) is 1.72. The number of amides is 1. The molecule has 0 aliphatic carbocycles. The quantitative estimate of drug-likeness (QED) is 0.754. The van der Waals surface area contributed by atoms with Gasteiger partial charge in [0.05, 0.1) is 6.20 Å². The van der Waals surface area contributed by atoms with E-state index in [9.17, 15) is 4.79 Å². The summed E-state index contributed by atoms with van der Waals surface area (Å²) in [5, 5.41) is 4.27. The van der Waals surface area contributed by atoms with Gasteiger partial charge >= 0.3 is 0 Å². The first-order chi connectivity index (χ1) is 13.3. The van der Waals surface area contributed by atoms with E-state index in [1.165, 1.54) is 0 Å². The number of carbonyl (C=O) groups excluding carboxylic acids is 1. The molecule has 1 aliphatic rings. The van der Waals surface area contributed by atoms with Gasteiger partial charge in [-0.1, -0.05) is 0 Å². The average molecular weight is 386 g/mol. The van der Waals surface area contributed by atoms with E-state index in [2.05, 4.69) is 39.0 Å². The number of likely N-dealkylation sites (N-methyl/N-ethyl adjacent to an activating group) is 1. The fourth-order valence-electron chi connectivity index (χ4n) is 3.55. The maximum atomic E-state index is 13.0. The molecule has 1 fully saturated rings. The van der Waals surface area contributed by atoms with Crippen molar-refractivity contribution in [2.45, 2.75) is 46.3 Å². The van der Waals surface area contributed by atoms with Crippen molar-refractivity contribution in [2.24, 2.45) is 0 Å². The monoisotopic (exact) mass is 385 g/mol. The Morgan fingerprint density at radius 3 is 2.61 bits per heavy atom. The highest BCUT2D eigenvalue weighted by Crippen LogP contribution is 2.25. The van der Waals surface area contributed by atoms with Gasteiger partial charge in [0.2, 0.25) is 5.82 Å². The van der Waals surface area contributed by atoms with Gasteiger partial charge in [0.15, 0.2) is 0 Å². The van der Waals surface area contributed by atoms with Gasteiger partial charge in [-0.25, -0.2) is 9.97 Å². The van der Waals surface area contributed by atoms with Crippen LogP contribution in [0.3, 0.4) is 0 Å². The second-order valence-electron chi connectivity index (χ2n) is 7.80. The molecule has 28 heavy (non-hydrogen) atoms. The van der Waals surface area contributed by atoms with E-state index in [1.54, 1.807) is 18.1 Å². The van der Waals surface area contributed by atoms with Crippen LogP contribution in [0.25, 0.3) is 0 Å². The van der Waals surface area contributed by atoms with Crippen LogP contribution in [0.1, 0.15) is 40.8 Å². The molecule has 0 N–H and O–H groups in total. The molecule has 2 aromatic rings. The highest BCUT2D eigenvalue weighted by Gasteiger charge is 2.28. The molecule has 1 saturated heterocycles. The summed E-state index contributed by atoms with van der Waals surface area (Å²) in [6.45, 7) is 9.17. The number of aryl methyl sites for hydroxylation is 2. The van der Waals surface area contributed by atoms with Crippen LogP contribution >= 0.6 is 0 Å². The fraction of sp³-hybridized carbons (Fsp3) is 0.600. The number of anilines is 1. The van der Waals surface area contributed by atoms with Crippen molar-refractivity contribution in [3.63, 3.8) is 0 Å². The summed E-state index contributed by atoms with van der Waals surface area (Å²) in [4.78, 5) is 28.3. The van der Waals surface area contributed by atoms with Crippen LogP contribution in [-0.2, 0) is 13.1 Å². The van der Waals surface area contributed by atoms with E-state index in [0.29, 0.717) is 12.6 Å². The zero-order valence-electron chi connectivity index (χ0n) is 17.8. The zero-order valence-corrected chi connectivity index (χ0v) is 17.8. The minimum atomic E-state index is -0.169. The first-order valence-electron chi connectivity index (χ1n) is 9.83. The molecule has 0 radical (unpaired) electrons. The van der Waals surface area contributed by atoms with Gasteiger partial charge in [0.25, 0.3) is 5.91 Å². The van der Waals surface area contributed by atoms with Crippen LogP contribution in [0.2, 0.25) is 0 Å². The van der Waals surface area contributed by atoms with Gasteiger partial charge in [-0.15, -0.1) is 0 Å². The zero-order chi connectivity index (χ0) is 20.4. The maximum Gasteiger partial charge on any atom is 0.291 e. The highest BCUT2D eigenvalue weighted by atomic mass is 16.2. The number of rotatable bonds is 6. The summed E-state index contributed by atoms with van der Waals surface area (Å²) < 4.78 is 1.85. The van der Waals surface area contributed by atoms with Gasteiger partial charge in [0.1, 0.15) is 5.82 Å². The molecule has 0 saturated carbocycles. The van der Waals surface area contributed by atoms with Gasteiger partial charge in [-0.3, -0.25) is 9.48 Å². The maximum absolute atomic E-state index is 13.0. The topological polar surface area (TPSA) is 70.4 Å². The van der Waals surface area contributed by atoms with Crippen LogP contribution in [0.15, 0.2) is 12.4 Å². The molecule has 8 heteroatoms. The van der Waals surface area contributed by atoms with Crippen molar-refractivity contribution in [1.82, 2.24) is 29.5 Å². The molecule has 152 valence electrons. The van der Waals surface area contributed by atoms with Crippen LogP contribution in [0.5, 0.6) is 0 Å². The van der Waals surface area contributed by atoms with Crippen molar-refractivity contribution in [3.05, 3.63) is 35.0 Å². The molecule has 1 atom stereocenters. The van der Waals surface area contributed by atoms with E-state index in [1.807, 2.05) is 31.6 Å². The molecule has 2 aromatic heterocycles.